The van der Waals surface area contributed by atoms with Crippen LogP contribution in [0.25, 0.3) is 0 Å². The summed E-state index contributed by atoms with van der Waals surface area (Å²) in [4.78, 5) is 13.5. The van der Waals surface area contributed by atoms with E-state index in [1.54, 1.807) is 0 Å². The first-order chi connectivity index (χ1) is 17.5. The molecule has 1 aliphatic heterocycles. The van der Waals surface area contributed by atoms with Crippen molar-refractivity contribution in [3.8, 4) is 0 Å². The number of halogens is 3. The van der Waals surface area contributed by atoms with Crippen LogP contribution < -0.4 is 0 Å². The van der Waals surface area contributed by atoms with Crippen molar-refractivity contribution in [1.82, 2.24) is 4.57 Å². The van der Waals surface area contributed by atoms with Gasteiger partial charge in [0.05, 0.1) is 17.0 Å². The molecule has 2 atom stereocenters. The number of Topliss-reactive ketones (excluding diaryl/α,β-unsaturated/α-hetero) is 1. The fourth-order valence-electron chi connectivity index (χ4n) is 5.93. The Bertz CT molecular complexity index is 1140. The number of fused-ring (bicyclic) bond motifs is 1. The maximum atomic E-state index is 14.8. The van der Waals surface area contributed by atoms with Gasteiger partial charge in [-0.1, -0.05) is 37.6 Å². The van der Waals surface area contributed by atoms with Gasteiger partial charge in [0.15, 0.2) is 5.78 Å². The summed E-state index contributed by atoms with van der Waals surface area (Å²) >= 11 is 0. The molecule has 0 spiro atoms. The molecule has 1 aromatic heterocycles. The Morgan fingerprint density at radius 3 is 2.51 bits per heavy atom. The first-order valence-electron chi connectivity index (χ1n) is 13.8. The Morgan fingerprint density at radius 2 is 1.86 bits per heavy atom. The van der Waals surface area contributed by atoms with Gasteiger partial charge in [-0.15, -0.1) is 0 Å². The van der Waals surface area contributed by atoms with Crippen molar-refractivity contribution in [2.45, 2.75) is 103 Å². The van der Waals surface area contributed by atoms with Crippen LogP contribution in [0.4, 0.5) is 13.2 Å². The van der Waals surface area contributed by atoms with Crippen molar-refractivity contribution in [3.63, 3.8) is 0 Å². The van der Waals surface area contributed by atoms with Crippen LogP contribution in [0.15, 0.2) is 36.4 Å². The number of aromatic nitrogens is 1. The fourth-order valence-corrected chi connectivity index (χ4v) is 5.93. The van der Waals surface area contributed by atoms with E-state index in [1.165, 1.54) is 4.57 Å². The lowest BCUT2D eigenvalue weighted by Crippen LogP contribution is -2.34. The highest BCUT2D eigenvalue weighted by atomic mass is 19.3. The van der Waals surface area contributed by atoms with Gasteiger partial charge in [0.1, 0.15) is 5.82 Å². The van der Waals surface area contributed by atoms with Gasteiger partial charge in [0.25, 0.3) is 5.92 Å². The number of aryl methyl sites for hydroxylation is 1. The third kappa shape index (κ3) is 6.22. The molecule has 1 aliphatic carbocycles. The van der Waals surface area contributed by atoms with Crippen LogP contribution in [0, 0.1) is 24.6 Å². The topological polar surface area (TPSA) is 42.2 Å². The second-order valence-electron chi connectivity index (χ2n) is 11.4. The molecule has 0 radical (unpaired) electrons. The normalized spacial score (nSPS) is 24.0. The van der Waals surface area contributed by atoms with Gasteiger partial charge >= 0.3 is 0 Å². The molecule has 1 aromatic carbocycles. The highest BCUT2D eigenvalue weighted by Crippen LogP contribution is 2.42. The van der Waals surface area contributed by atoms with E-state index in [4.69, 9.17) is 0 Å². The molecule has 2 unspecified atom stereocenters. The Labute approximate surface area is 218 Å². The van der Waals surface area contributed by atoms with E-state index in [0.29, 0.717) is 43.5 Å². The monoisotopic (exact) mass is 515 g/mol. The van der Waals surface area contributed by atoms with E-state index >= 15 is 0 Å². The number of nitrogens with zero attached hydrogens (tertiary/aromatic N) is 1. The van der Waals surface area contributed by atoms with Gasteiger partial charge in [-0.2, -0.15) is 0 Å². The Hall–Kier alpha value is -2.34. The zero-order chi connectivity index (χ0) is 26.8. The van der Waals surface area contributed by atoms with E-state index in [0.717, 1.165) is 62.6 Å². The molecule has 0 bridgehead atoms. The average molecular weight is 516 g/mol. The number of allylic oxidation sites excluding steroid dienone is 2. The van der Waals surface area contributed by atoms with Gasteiger partial charge in [-0.05, 0) is 87.8 Å². The van der Waals surface area contributed by atoms with Crippen molar-refractivity contribution >= 4 is 5.78 Å². The van der Waals surface area contributed by atoms with E-state index < -0.39 is 17.3 Å². The van der Waals surface area contributed by atoms with E-state index in [9.17, 15) is 23.1 Å². The average Bonchev–Trinajstić information content (AvgIpc) is 3.15. The Kier molecular flexibility index (Phi) is 8.37. The molecule has 1 N–H and O–H groups in total. The van der Waals surface area contributed by atoms with E-state index in [2.05, 4.69) is 12.2 Å². The molecule has 2 heterocycles. The SMILES string of the molecule is Cc1cc(C(=O)C2CC/C=C/C(C)CCn3c(C(C)(F)F)cc(F)c3CCCC2)ccc1C1(O)CCC1. The molecule has 4 rings (SSSR count). The zero-order valence-corrected chi connectivity index (χ0v) is 22.3. The number of carbonyl (C=O) groups is 1. The maximum Gasteiger partial charge on any atom is 0.285 e. The van der Waals surface area contributed by atoms with E-state index in [1.807, 2.05) is 32.0 Å². The second-order valence-corrected chi connectivity index (χ2v) is 11.4. The summed E-state index contributed by atoms with van der Waals surface area (Å²) in [6.07, 6.45) is 11.3. The van der Waals surface area contributed by atoms with Crippen molar-refractivity contribution in [3.05, 3.63) is 70.3 Å². The lowest BCUT2D eigenvalue weighted by atomic mass is 9.73. The molecule has 202 valence electrons. The van der Waals surface area contributed by atoms with Crippen LogP contribution >= 0.6 is 0 Å². The maximum absolute atomic E-state index is 14.8. The number of hydrogen-bond acceptors (Lipinski definition) is 2. The zero-order valence-electron chi connectivity index (χ0n) is 22.3. The number of hydrogen-bond donors (Lipinski definition) is 1. The first-order valence-corrected chi connectivity index (χ1v) is 13.8. The molecule has 1 saturated carbocycles. The minimum Gasteiger partial charge on any atom is -0.385 e. The molecule has 3 nitrogen and oxygen atoms in total. The number of aliphatic hydroxyl groups is 1. The number of benzene rings is 1. The Morgan fingerprint density at radius 1 is 1.11 bits per heavy atom. The molecule has 2 aliphatic rings. The molecule has 37 heavy (non-hydrogen) atoms. The summed E-state index contributed by atoms with van der Waals surface area (Å²) in [6, 6.07) is 6.65. The van der Waals surface area contributed by atoms with Crippen molar-refractivity contribution in [1.29, 1.82) is 0 Å². The number of carbonyl (C=O) groups excluding carboxylic acids is 1. The largest absolute Gasteiger partial charge is 0.385 e. The molecule has 0 amide bonds. The lowest BCUT2D eigenvalue weighted by molar-refractivity contribution is -0.0393. The predicted octanol–water partition coefficient (Wildman–Crippen LogP) is 8.01. The van der Waals surface area contributed by atoms with Crippen LogP contribution in [-0.4, -0.2) is 15.5 Å². The summed E-state index contributed by atoms with van der Waals surface area (Å²) in [5, 5.41) is 10.8. The third-order valence-corrected chi connectivity index (χ3v) is 8.34. The summed E-state index contributed by atoms with van der Waals surface area (Å²) in [5.74, 6) is -3.58. The second kappa shape index (κ2) is 11.2. The van der Waals surface area contributed by atoms with E-state index in [-0.39, 0.29) is 23.3 Å². The molecule has 1 fully saturated rings. The summed E-state index contributed by atoms with van der Waals surface area (Å²) < 4.78 is 44.7. The van der Waals surface area contributed by atoms with Crippen LogP contribution in [0.5, 0.6) is 0 Å². The molecule has 2 aromatic rings. The van der Waals surface area contributed by atoms with Gasteiger partial charge in [-0.25, -0.2) is 13.2 Å². The summed E-state index contributed by atoms with van der Waals surface area (Å²) in [5.41, 5.74) is 1.85. The number of ketones is 1. The third-order valence-electron chi connectivity index (χ3n) is 8.34. The Balaban J connectivity index is 1.52. The summed E-state index contributed by atoms with van der Waals surface area (Å²) in [6.45, 7) is 5.17. The van der Waals surface area contributed by atoms with Gasteiger partial charge in [0.2, 0.25) is 0 Å². The first kappa shape index (κ1) is 27.7. The minimum atomic E-state index is -3.11. The summed E-state index contributed by atoms with van der Waals surface area (Å²) in [7, 11) is 0. The fraction of sp³-hybridized carbons (Fsp3) is 0.581. The molecule has 6 heteroatoms. The quantitative estimate of drug-likeness (QED) is 0.331. The smallest absolute Gasteiger partial charge is 0.285 e. The highest BCUT2D eigenvalue weighted by Gasteiger charge is 2.37. The molecular formula is C31H40F3NO2. The number of alkyl halides is 2. The van der Waals surface area contributed by atoms with Crippen LogP contribution in [0.1, 0.15) is 105 Å². The lowest BCUT2D eigenvalue weighted by Gasteiger charge is -2.38. The van der Waals surface area contributed by atoms with Crippen LogP contribution in [0.2, 0.25) is 0 Å². The van der Waals surface area contributed by atoms with Crippen molar-refractivity contribution in [2.24, 2.45) is 11.8 Å². The molecule has 0 saturated heterocycles. The number of rotatable bonds is 4. The van der Waals surface area contributed by atoms with Gasteiger partial charge < -0.3 is 9.67 Å². The van der Waals surface area contributed by atoms with Gasteiger partial charge in [-0.3, -0.25) is 4.79 Å². The van der Waals surface area contributed by atoms with Crippen LogP contribution in [-0.2, 0) is 24.5 Å². The predicted molar refractivity (Wildman–Crippen MR) is 140 cm³/mol. The minimum absolute atomic E-state index is 0.103. The molecular weight excluding hydrogens is 475 g/mol. The standard InChI is InChI=1S/C31H40F3NO2/c1-21-9-4-5-10-23(29(36)24-13-14-25(22(2)19-24)31(37)16-8-17-31)11-6-7-12-27-26(32)20-28(30(3,33)34)35(27)18-15-21/h4,9,13-14,19-21,23,37H,5-8,10-12,15-18H2,1-3H3/b9-4+. The van der Waals surface area contributed by atoms with Gasteiger partial charge in [0, 0.05) is 31.0 Å². The van der Waals surface area contributed by atoms with Crippen molar-refractivity contribution in [2.75, 3.05) is 0 Å². The highest BCUT2D eigenvalue weighted by molar-refractivity contribution is 5.98. The van der Waals surface area contributed by atoms with Crippen molar-refractivity contribution < 1.29 is 23.1 Å². The van der Waals surface area contributed by atoms with Crippen LogP contribution in [0.3, 0.4) is 0 Å².